The van der Waals surface area contributed by atoms with E-state index in [-0.39, 0.29) is 11.7 Å². The highest BCUT2D eigenvalue weighted by Gasteiger charge is 2.22. The average Bonchev–Trinajstić information content (AvgIpc) is 2.27. The van der Waals surface area contributed by atoms with Crippen molar-refractivity contribution >= 4 is 17.4 Å². The first-order valence-corrected chi connectivity index (χ1v) is 5.24. The van der Waals surface area contributed by atoms with Gasteiger partial charge in [-0.1, -0.05) is 38.1 Å². The summed E-state index contributed by atoms with van der Waals surface area (Å²) in [6.45, 7) is 5.44. The second kappa shape index (κ2) is 4.86. The van der Waals surface area contributed by atoms with Crippen molar-refractivity contribution in [1.82, 2.24) is 0 Å². The summed E-state index contributed by atoms with van der Waals surface area (Å²) in [6.07, 6.45) is 0. The zero-order chi connectivity index (χ0) is 13.1. The van der Waals surface area contributed by atoms with Crippen LogP contribution in [0.15, 0.2) is 29.4 Å². The van der Waals surface area contributed by atoms with Gasteiger partial charge in [0, 0.05) is 11.0 Å². The van der Waals surface area contributed by atoms with Crippen molar-refractivity contribution < 1.29 is 10.0 Å². The maximum absolute atomic E-state index is 11.8. The predicted molar refractivity (Wildman–Crippen MR) is 67.0 cm³/mol. The summed E-state index contributed by atoms with van der Waals surface area (Å²) >= 11 is 0. The maximum Gasteiger partial charge on any atom is 0.229 e. The van der Waals surface area contributed by atoms with E-state index in [1.807, 2.05) is 20.8 Å². The third kappa shape index (κ3) is 3.21. The first-order chi connectivity index (χ1) is 7.86. The number of nitrogens with two attached hydrogens (primary N) is 1. The van der Waals surface area contributed by atoms with Crippen molar-refractivity contribution in [1.29, 1.82) is 0 Å². The summed E-state index contributed by atoms with van der Waals surface area (Å²) in [6, 6.07) is 6.90. The molecule has 1 amide bonds. The van der Waals surface area contributed by atoms with Crippen LogP contribution in [0.5, 0.6) is 0 Å². The monoisotopic (exact) mass is 235 g/mol. The second-order valence-corrected chi connectivity index (χ2v) is 4.73. The highest BCUT2D eigenvalue weighted by Crippen LogP contribution is 2.20. The van der Waals surface area contributed by atoms with E-state index in [1.165, 1.54) is 0 Å². The van der Waals surface area contributed by atoms with Crippen molar-refractivity contribution in [2.75, 3.05) is 5.32 Å². The molecule has 0 aliphatic rings. The summed E-state index contributed by atoms with van der Waals surface area (Å²) in [5, 5.41) is 14.3. The molecule has 5 nitrogen and oxygen atoms in total. The molecule has 0 aliphatic carbocycles. The summed E-state index contributed by atoms with van der Waals surface area (Å²) in [5.41, 5.74) is 6.05. The smallest absolute Gasteiger partial charge is 0.229 e. The largest absolute Gasteiger partial charge is 0.409 e. The fraction of sp³-hybridized carbons (Fsp3) is 0.333. The van der Waals surface area contributed by atoms with Crippen LogP contribution in [0.4, 0.5) is 5.69 Å². The Labute approximate surface area is 100 Å². The van der Waals surface area contributed by atoms with Gasteiger partial charge in [-0.25, -0.2) is 0 Å². The third-order valence-corrected chi connectivity index (χ3v) is 2.24. The fourth-order valence-corrected chi connectivity index (χ4v) is 1.18. The van der Waals surface area contributed by atoms with E-state index in [2.05, 4.69) is 10.5 Å². The van der Waals surface area contributed by atoms with Gasteiger partial charge in [0.15, 0.2) is 5.84 Å². The van der Waals surface area contributed by atoms with E-state index in [4.69, 9.17) is 10.9 Å². The molecule has 4 N–H and O–H groups in total. The first kappa shape index (κ1) is 13.0. The molecule has 0 aliphatic heterocycles. The molecule has 0 bridgehead atoms. The van der Waals surface area contributed by atoms with E-state index in [9.17, 15) is 4.79 Å². The number of amidine groups is 1. The van der Waals surface area contributed by atoms with E-state index >= 15 is 0 Å². The predicted octanol–water partition coefficient (Wildman–Crippen LogP) is 1.77. The Morgan fingerprint density at radius 1 is 1.35 bits per heavy atom. The van der Waals surface area contributed by atoms with Crippen molar-refractivity contribution in [3.8, 4) is 0 Å². The van der Waals surface area contributed by atoms with E-state index in [0.29, 0.717) is 11.3 Å². The number of nitrogens with zero attached hydrogens (tertiary/aromatic N) is 1. The van der Waals surface area contributed by atoms with E-state index in [1.54, 1.807) is 24.3 Å². The van der Waals surface area contributed by atoms with Gasteiger partial charge in [0.1, 0.15) is 0 Å². The molecular weight excluding hydrogens is 218 g/mol. The van der Waals surface area contributed by atoms with Gasteiger partial charge < -0.3 is 16.3 Å². The van der Waals surface area contributed by atoms with Gasteiger partial charge in [0.05, 0.1) is 5.69 Å². The van der Waals surface area contributed by atoms with Crippen LogP contribution in [-0.2, 0) is 4.79 Å². The van der Waals surface area contributed by atoms with Crippen LogP contribution in [-0.4, -0.2) is 17.0 Å². The number of carbonyl (C=O) groups is 1. The maximum atomic E-state index is 11.8. The van der Waals surface area contributed by atoms with Crippen molar-refractivity contribution in [2.45, 2.75) is 20.8 Å². The lowest BCUT2D eigenvalue weighted by molar-refractivity contribution is -0.123. The number of anilines is 1. The molecule has 0 unspecified atom stereocenters. The van der Waals surface area contributed by atoms with E-state index < -0.39 is 5.41 Å². The lowest BCUT2D eigenvalue weighted by Gasteiger charge is -2.19. The summed E-state index contributed by atoms with van der Waals surface area (Å²) in [5.74, 6) is -0.162. The highest BCUT2D eigenvalue weighted by atomic mass is 16.4. The van der Waals surface area contributed by atoms with Gasteiger partial charge in [-0.2, -0.15) is 0 Å². The molecule has 0 spiro atoms. The molecule has 0 radical (unpaired) electrons. The van der Waals surface area contributed by atoms with Gasteiger partial charge in [-0.05, 0) is 12.1 Å². The van der Waals surface area contributed by atoms with Crippen molar-refractivity contribution in [2.24, 2.45) is 16.3 Å². The summed E-state index contributed by atoms with van der Waals surface area (Å²) in [7, 11) is 0. The minimum Gasteiger partial charge on any atom is -0.409 e. The molecule has 0 aromatic heterocycles. The number of oxime groups is 1. The molecular formula is C12H17N3O2. The Hall–Kier alpha value is -2.04. The lowest BCUT2D eigenvalue weighted by Crippen LogP contribution is -2.29. The van der Waals surface area contributed by atoms with Crippen LogP contribution in [0, 0.1) is 5.41 Å². The van der Waals surface area contributed by atoms with Gasteiger partial charge in [0.25, 0.3) is 0 Å². The Balaban J connectivity index is 3.04. The Morgan fingerprint density at radius 3 is 2.47 bits per heavy atom. The molecule has 0 saturated carbocycles. The molecule has 0 fully saturated rings. The average molecular weight is 235 g/mol. The minimum atomic E-state index is -0.502. The zero-order valence-corrected chi connectivity index (χ0v) is 10.2. The van der Waals surface area contributed by atoms with Crippen LogP contribution in [0.3, 0.4) is 0 Å². The molecule has 1 rings (SSSR count). The molecule has 92 valence electrons. The molecule has 5 heteroatoms. The van der Waals surface area contributed by atoms with Gasteiger partial charge in [-0.15, -0.1) is 0 Å². The molecule has 0 atom stereocenters. The fourth-order valence-electron chi connectivity index (χ4n) is 1.18. The Morgan fingerprint density at radius 2 is 1.94 bits per heavy atom. The summed E-state index contributed by atoms with van der Waals surface area (Å²) < 4.78 is 0. The molecule has 1 aromatic carbocycles. The first-order valence-electron chi connectivity index (χ1n) is 5.24. The van der Waals surface area contributed by atoms with Gasteiger partial charge >= 0.3 is 0 Å². The SMILES string of the molecule is CC(C)(C)C(=O)Nc1ccccc1/C(N)=N/O. The molecule has 0 saturated heterocycles. The number of hydrogen-bond acceptors (Lipinski definition) is 3. The number of rotatable bonds is 2. The molecule has 17 heavy (non-hydrogen) atoms. The lowest BCUT2D eigenvalue weighted by atomic mass is 9.95. The molecule has 1 aromatic rings. The summed E-state index contributed by atoms with van der Waals surface area (Å²) in [4.78, 5) is 11.8. The van der Waals surface area contributed by atoms with Gasteiger partial charge in [0.2, 0.25) is 5.91 Å². The number of carbonyl (C=O) groups excluding carboxylic acids is 1. The van der Waals surface area contributed by atoms with E-state index in [0.717, 1.165) is 0 Å². The Bertz CT molecular complexity index is 447. The van der Waals surface area contributed by atoms with Crippen molar-refractivity contribution in [3.05, 3.63) is 29.8 Å². The third-order valence-electron chi connectivity index (χ3n) is 2.24. The van der Waals surface area contributed by atoms with Crippen LogP contribution in [0.25, 0.3) is 0 Å². The topological polar surface area (TPSA) is 87.7 Å². The Kier molecular flexibility index (Phi) is 3.73. The molecule has 0 heterocycles. The van der Waals surface area contributed by atoms with Crippen LogP contribution in [0.1, 0.15) is 26.3 Å². The second-order valence-electron chi connectivity index (χ2n) is 4.73. The number of nitrogens with one attached hydrogen (secondary N) is 1. The normalized spacial score (nSPS) is 12.3. The van der Waals surface area contributed by atoms with Crippen LogP contribution in [0.2, 0.25) is 0 Å². The van der Waals surface area contributed by atoms with Crippen molar-refractivity contribution in [3.63, 3.8) is 0 Å². The number of para-hydroxylation sites is 1. The highest BCUT2D eigenvalue weighted by molar-refractivity contribution is 6.06. The van der Waals surface area contributed by atoms with Gasteiger partial charge in [-0.3, -0.25) is 4.79 Å². The minimum absolute atomic E-state index is 0.0326. The van der Waals surface area contributed by atoms with Crippen LogP contribution < -0.4 is 11.1 Å². The van der Waals surface area contributed by atoms with Crippen LogP contribution >= 0.6 is 0 Å². The zero-order valence-electron chi connectivity index (χ0n) is 10.2. The number of hydrogen-bond donors (Lipinski definition) is 3. The quantitative estimate of drug-likeness (QED) is 0.316. The number of benzene rings is 1. The number of amides is 1. The standard InChI is InChI=1S/C12H17N3O2/c1-12(2,3)11(16)14-9-7-5-4-6-8(9)10(13)15-17/h4-7,17H,1-3H3,(H2,13,15)(H,14,16).